The van der Waals surface area contributed by atoms with E-state index in [0.717, 1.165) is 5.56 Å². The third-order valence-corrected chi connectivity index (χ3v) is 2.39. The van der Waals surface area contributed by atoms with Gasteiger partial charge in [0.2, 0.25) is 0 Å². The predicted molar refractivity (Wildman–Crippen MR) is 67.7 cm³/mol. The smallest absolute Gasteiger partial charge is 0.259 e. The molecule has 0 bridgehead atoms. The molecule has 0 aliphatic heterocycles. The van der Waals surface area contributed by atoms with Crippen LogP contribution in [0.1, 0.15) is 15.9 Å². The Hall–Kier alpha value is -2.43. The van der Waals surface area contributed by atoms with Crippen molar-refractivity contribution in [1.29, 1.82) is 0 Å². The number of carbonyl (C=O) groups excluding carboxylic acids is 1. The molecule has 2 aromatic rings. The molecule has 92 valence electrons. The van der Waals surface area contributed by atoms with Gasteiger partial charge in [-0.15, -0.1) is 0 Å². The van der Waals surface area contributed by atoms with E-state index in [1.807, 2.05) is 0 Å². The van der Waals surface area contributed by atoms with Crippen LogP contribution in [0.3, 0.4) is 0 Å². The second-order valence-electron chi connectivity index (χ2n) is 3.91. The normalized spacial score (nSPS) is 10.1. The molecule has 1 aromatic heterocycles. The fourth-order valence-electron chi connectivity index (χ4n) is 1.48. The van der Waals surface area contributed by atoms with Gasteiger partial charge >= 0.3 is 0 Å². The molecule has 4 nitrogen and oxygen atoms in total. The van der Waals surface area contributed by atoms with E-state index in [-0.39, 0.29) is 5.56 Å². The van der Waals surface area contributed by atoms with E-state index in [1.165, 1.54) is 18.3 Å². The first kappa shape index (κ1) is 12.0. The first-order valence-electron chi connectivity index (χ1n) is 5.35. The Labute approximate surface area is 104 Å². The largest absolute Gasteiger partial charge is 0.397 e. The quantitative estimate of drug-likeness (QED) is 0.853. The Bertz CT molecular complexity index is 581. The summed E-state index contributed by atoms with van der Waals surface area (Å²) in [5.74, 6) is -0.767. The predicted octanol–water partition coefficient (Wildman–Crippen LogP) is 2.36. The average Bonchev–Trinajstić information content (AvgIpc) is 2.35. The lowest BCUT2D eigenvalue weighted by atomic mass is 10.1. The molecule has 2 rings (SSSR count). The molecule has 0 atom stereocenters. The van der Waals surface area contributed by atoms with E-state index in [2.05, 4.69) is 10.3 Å². The number of nitrogens with one attached hydrogen (secondary N) is 1. The van der Waals surface area contributed by atoms with Crippen LogP contribution in [0.5, 0.6) is 0 Å². The Kier molecular flexibility index (Phi) is 3.23. The molecule has 0 spiro atoms. The number of amides is 1. The number of benzene rings is 1. The minimum absolute atomic E-state index is 0.00590. The molecule has 0 radical (unpaired) electrons. The standard InChI is InChI=1S/C13H12FN3O/c1-8-2-4-11(14)10(6-8)13(18)17-12-5-3-9(15)7-16-12/h2-7H,15H2,1H3,(H,16,17,18). The van der Waals surface area contributed by atoms with Crippen molar-refractivity contribution in [2.24, 2.45) is 0 Å². The van der Waals surface area contributed by atoms with Crippen molar-refractivity contribution in [2.75, 3.05) is 11.1 Å². The van der Waals surface area contributed by atoms with E-state index < -0.39 is 11.7 Å². The molecule has 5 heteroatoms. The van der Waals surface area contributed by atoms with Crippen LogP contribution in [0.4, 0.5) is 15.9 Å². The minimum atomic E-state index is -0.562. The summed E-state index contributed by atoms with van der Waals surface area (Å²) in [5, 5.41) is 2.51. The molecule has 0 unspecified atom stereocenters. The van der Waals surface area contributed by atoms with Gasteiger partial charge in [-0.2, -0.15) is 0 Å². The number of hydrogen-bond donors (Lipinski definition) is 2. The van der Waals surface area contributed by atoms with Crippen LogP contribution in [-0.4, -0.2) is 10.9 Å². The zero-order valence-corrected chi connectivity index (χ0v) is 9.77. The molecule has 18 heavy (non-hydrogen) atoms. The van der Waals surface area contributed by atoms with E-state index in [0.29, 0.717) is 11.5 Å². The van der Waals surface area contributed by atoms with Gasteiger partial charge in [-0.3, -0.25) is 4.79 Å². The third kappa shape index (κ3) is 2.63. The zero-order chi connectivity index (χ0) is 13.1. The van der Waals surface area contributed by atoms with Crippen molar-refractivity contribution in [3.05, 3.63) is 53.5 Å². The second-order valence-corrected chi connectivity index (χ2v) is 3.91. The number of rotatable bonds is 2. The molecule has 1 heterocycles. The first-order valence-corrected chi connectivity index (χ1v) is 5.35. The fourth-order valence-corrected chi connectivity index (χ4v) is 1.48. The number of nitrogen functional groups attached to an aromatic ring is 1. The van der Waals surface area contributed by atoms with Crippen LogP contribution in [0.2, 0.25) is 0 Å². The van der Waals surface area contributed by atoms with E-state index >= 15 is 0 Å². The molecular formula is C13H12FN3O. The molecule has 1 aromatic carbocycles. The highest BCUT2D eigenvalue weighted by molar-refractivity contribution is 6.04. The van der Waals surface area contributed by atoms with Gasteiger partial charge in [0, 0.05) is 0 Å². The molecule has 3 N–H and O–H groups in total. The van der Waals surface area contributed by atoms with Gasteiger partial charge in [0.15, 0.2) is 0 Å². The van der Waals surface area contributed by atoms with E-state index in [4.69, 9.17) is 5.73 Å². The maximum atomic E-state index is 13.5. The summed E-state index contributed by atoms with van der Waals surface area (Å²) in [7, 11) is 0. The number of pyridine rings is 1. The molecule has 1 amide bonds. The molecular weight excluding hydrogens is 233 g/mol. The van der Waals surface area contributed by atoms with Crippen molar-refractivity contribution in [3.8, 4) is 0 Å². The van der Waals surface area contributed by atoms with E-state index in [9.17, 15) is 9.18 Å². The minimum Gasteiger partial charge on any atom is -0.397 e. The lowest BCUT2D eigenvalue weighted by Gasteiger charge is -2.06. The number of halogens is 1. The second kappa shape index (κ2) is 4.83. The number of aromatic nitrogens is 1. The van der Waals surface area contributed by atoms with Crippen LogP contribution < -0.4 is 11.1 Å². The maximum Gasteiger partial charge on any atom is 0.259 e. The van der Waals surface area contributed by atoms with Gasteiger partial charge in [-0.1, -0.05) is 11.6 Å². The molecule has 0 fully saturated rings. The highest BCUT2D eigenvalue weighted by atomic mass is 19.1. The average molecular weight is 245 g/mol. The maximum absolute atomic E-state index is 13.5. The summed E-state index contributed by atoms with van der Waals surface area (Å²) >= 11 is 0. The molecule has 0 saturated heterocycles. The van der Waals surface area contributed by atoms with Crippen LogP contribution in [0.15, 0.2) is 36.5 Å². The van der Waals surface area contributed by atoms with Crippen molar-refractivity contribution >= 4 is 17.4 Å². The van der Waals surface area contributed by atoms with Crippen LogP contribution >= 0.6 is 0 Å². The van der Waals surface area contributed by atoms with Gasteiger partial charge in [0.25, 0.3) is 5.91 Å². The molecule has 0 saturated carbocycles. The van der Waals surface area contributed by atoms with Crippen LogP contribution in [-0.2, 0) is 0 Å². The van der Waals surface area contributed by atoms with E-state index in [1.54, 1.807) is 25.1 Å². The Morgan fingerprint density at radius 3 is 2.78 bits per heavy atom. The fraction of sp³-hybridized carbons (Fsp3) is 0.0769. The topological polar surface area (TPSA) is 68.0 Å². The molecule has 0 aliphatic rings. The Balaban J connectivity index is 2.21. The first-order chi connectivity index (χ1) is 8.56. The number of carbonyl (C=O) groups is 1. The number of anilines is 2. The highest BCUT2D eigenvalue weighted by Gasteiger charge is 2.12. The summed E-state index contributed by atoms with van der Waals surface area (Å²) in [6.07, 6.45) is 1.42. The third-order valence-electron chi connectivity index (χ3n) is 2.39. The Morgan fingerprint density at radius 1 is 1.33 bits per heavy atom. The lowest BCUT2D eigenvalue weighted by Crippen LogP contribution is -2.14. The van der Waals surface area contributed by atoms with Crippen LogP contribution in [0.25, 0.3) is 0 Å². The zero-order valence-electron chi connectivity index (χ0n) is 9.77. The monoisotopic (exact) mass is 245 g/mol. The van der Waals surface area contributed by atoms with Crippen molar-refractivity contribution < 1.29 is 9.18 Å². The number of hydrogen-bond acceptors (Lipinski definition) is 3. The van der Waals surface area contributed by atoms with Crippen molar-refractivity contribution in [1.82, 2.24) is 4.98 Å². The Morgan fingerprint density at radius 2 is 2.11 bits per heavy atom. The summed E-state index contributed by atoms with van der Waals surface area (Å²) in [5.41, 5.74) is 6.78. The van der Waals surface area contributed by atoms with Gasteiger partial charge in [-0.25, -0.2) is 9.37 Å². The van der Waals surface area contributed by atoms with Gasteiger partial charge in [0.1, 0.15) is 11.6 Å². The highest BCUT2D eigenvalue weighted by Crippen LogP contribution is 2.13. The summed E-state index contributed by atoms with van der Waals surface area (Å²) in [4.78, 5) is 15.8. The number of nitrogens with two attached hydrogens (primary N) is 1. The van der Waals surface area contributed by atoms with Crippen molar-refractivity contribution in [2.45, 2.75) is 6.92 Å². The number of aryl methyl sites for hydroxylation is 1. The summed E-state index contributed by atoms with van der Waals surface area (Å²) in [6.45, 7) is 1.79. The number of nitrogens with zero attached hydrogens (tertiary/aromatic N) is 1. The SMILES string of the molecule is Cc1ccc(F)c(C(=O)Nc2ccc(N)cn2)c1. The summed E-state index contributed by atoms with van der Waals surface area (Å²) in [6, 6.07) is 7.52. The lowest BCUT2D eigenvalue weighted by molar-refractivity contribution is 0.102. The summed E-state index contributed by atoms with van der Waals surface area (Å²) < 4.78 is 13.5. The van der Waals surface area contributed by atoms with Crippen LogP contribution in [0, 0.1) is 12.7 Å². The molecule has 0 aliphatic carbocycles. The van der Waals surface area contributed by atoms with Crippen molar-refractivity contribution in [3.63, 3.8) is 0 Å². The van der Waals surface area contributed by atoms with Gasteiger partial charge < -0.3 is 11.1 Å². The van der Waals surface area contributed by atoms with Gasteiger partial charge in [0.05, 0.1) is 17.4 Å². The van der Waals surface area contributed by atoms with Gasteiger partial charge in [-0.05, 0) is 31.2 Å².